The van der Waals surface area contributed by atoms with E-state index in [9.17, 15) is 5.11 Å². The number of fused-ring (bicyclic) bond motifs is 1. The van der Waals surface area contributed by atoms with E-state index in [1.54, 1.807) is 6.92 Å². The summed E-state index contributed by atoms with van der Waals surface area (Å²) in [6, 6.07) is 11.7. The number of rotatable bonds is 4. The van der Waals surface area contributed by atoms with Crippen LogP contribution in [0.3, 0.4) is 0 Å². The summed E-state index contributed by atoms with van der Waals surface area (Å²) in [7, 11) is 0. The Morgan fingerprint density at radius 2 is 2.14 bits per heavy atom. The molecule has 0 unspecified atom stereocenters. The molecule has 0 saturated heterocycles. The fourth-order valence-electron chi connectivity index (χ4n) is 2.32. The zero-order chi connectivity index (χ0) is 14.8. The van der Waals surface area contributed by atoms with E-state index in [1.807, 2.05) is 60.1 Å². The number of hydrogen-bond donors (Lipinski definition) is 1. The Hall–Kier alpha value is -2.33. The average molecular weight is 282 g/mol. The number of hydrogen-bond acceptors (Lipinski definition) is 3. The predicted octanol–water partition coefficient (Wildman–Crippen LogP) is 3.28. The van der Waals surface area contributed by atoms with Crippen molar-refractivity contribution in [3.8, 4) is 5.75 Å². The Kier molecular flexibility index (Phi) is 3.62. The fraction of sp³-hybridized carbons (Fsp3) is 0.235. The van der Waals surface area contributed by atoms with Crippen LogP contribution in [0.1, 0.15) is 29.8 Å². The van der Waals surface area contributed by atoms with E-state index in [4.69, 9.17) is 4.74 Å². The van der Waals surface area contributed by atoms with E-state index in [1.165, 1.54) is 0 Å². The Morgan fingerprint density at radius 1 is 1.29 bits per heavy atom. The van der Waals surface area contributed by atoms with Gasteiger partial charge >= 0.3 is 0 Å². The Bertz CT molecular complexity index is 729. The molecular formula is C17H18N2O2. The maximum absolute atomic E-state index is 9.81. The maximum Gasteiger partial charge on any atom is 0.137 e. The monoisotopic (exact) mass is 282 g/mol. The van der Waals surface area contributed by atoms with Crippen LogP contribution in [0.5, 0.6) is 5.75 Å². The minimum absolute atomic E-state index is 0.380. The SMILES string of the molecule is Cc1ccc([C@H](C)O)c(OCc2cn3ccccc3n2)c1. The lowest BCUT2D eigenvalue weighted by Crippen LogP contribution is -2.01. The Balaban J connectivity index is 1.82. The first-order valence-electron chi connectivity index (χ1n) is 6.97. The van der Waals surface area contributed by atoms with Gasteiger partial charge in [-0.15, -0.1) is 0 Å². The number of aliphatic hydroxyl groups excluding tert-OH is 1. The molecule has 21 heavy (non-hydrogen) atoms. The number of benzene rings is 1. The smallest absolute Gasteiger partial charge is 0.137 e. The molecule has 0 spiro atoms. The van der Waals surface area contributed by atoms with Crippen LogP contribution in [-0.2, 0) is 6.61 Å². The van der Waals surface area contributed by atoms with Crippen LogP contribution in [0.25, 0.3) is 5.65 Å². The van der Waals surface area contributed by atoms with Crippen LogP contribution in [0, 0.1) is 6.92 Å². The average Bonchev–Trinajstić information content (AvgIpc) is 2.87. The third kappa shape index (κ3) is 2.90. The number of nitrogens with zero attached hydrogens (tertiary/aromatic N) is 2. The highest BCUT2D eigenvalue weighted by molar-refractivity contribution is 5.40. The summed E-state index contributed by atoms with van der Waals surface area (Å²) in [6.45, 7) is 4.12. The van der Waals surface area contributed by atoms with Crippen molar-refractivity contribution in [3.05, 3.63) is 65.6 Å². The van der Waals surface area contributed by atoms with E-state index in [0.29, 0.717) is 12.4 Å². The van der Waals surface area contributed by atoms with Crippen molar-refractivity contribution in [2.24, 2.45) is 0 Å². The summed E-state index contributed by atoms with van der Waals surface area (Å²) < 4.78 is 7.82. The van der Waals surface area contributed by atoms with Gasteiger partial charge in [0, 0.05) is 18.0 Å². The molecule has 0 aliphatic carbocycles. The number of ether oxygens (including phenoxy) is 1. The Morgan fingerprint density at radius 3 is 2.90 bits per heavy atom. The van der Waals surface area contributed by atoms with Gasteiger partial charge in [-0.1, -0.05) is 18.2 Å². The van der Waals surface area contributed by atoms with E-state index < -0.39 is 6.10 Å². The molecule has 1 atom stereocenters. The van der Waals surface area contributed by atoms with Crippen molar-refractivity contribution >= 4 is 5.65 Å². The van der Waals surface area contributed by atoms with E-state index >= 15 is 0 Å². The van der Waals surface area contributed by atoms with Crippen molar-refractivity contribution in [1.29, 1.82) is 0 Å². The van der Waals surface area contributed by atoms with E-state index in [2.05, 4.69) is 4.98 Å². The summed E-state index contributed by atoms with van der Waals surface area (Å²) in [5.74, 6) is 0.710. The van der Waals surface area contributed by atoms with Crippen molar-refractivity contribution in [2.45, 2.75) is 26.6 Å². The van der Waals surface area contributed by atoms with Gasteiger partial charge in [-0.3, -0.25) is 0 Å². The van der Waals surface area contributed by atoms with Gasteiger partial charge in [0.1, 0.15) is 18.0 Å². The van der Waals surface area contributed by atoms with Crippen molar-refractivity contribution in [3.63, 3.8) is 0 Å². The molecule has 0 bridgehead atoms. The maximum atomic E-state index is 9.81. The number of aryl methyl sites for hydroxylation is 1. The molecule has 0 fully saturated rings. The zero-order valence-corrected chi connectivity index (χ0v) is 12.2. The van der Waals surface area contributed by atoms with Crippen LogP contribution in [0.15, 0.2) is 48.8 Å². The quantitative estimate of drug-likeness (QED) is 0.799. The summed E-state index contributed by atoms with van der Waals surface area (Å²) in [6.07, 6.45) is 3.36. The fourth-order valence-corrected chi connectivity index (χ4v) is 2.32. The van der Waals surface area contributed by atoms with Crippen LogP contribution in [0.4, 0.5) is 0 Å². The second kappa shape index (κ2) is 5.58. The van der Waals surface area contributed by atoms with Crippen LogP contribution >= 0.6 is 0 Å². The zero-order valence-electron chi connectivity index (χ0n) is 12.2. The topological polar surface area (TPSA) is 46.8 Å². The second-order valence-corrected chi connectivity index (χ2v) is 5.20. The molecule has 1 aromatic carbocycles. The first kappa shape index (κ1) is 13.6. The van der Waals surface area contributed by atoms with Gasteiger partial charge in [-0.2, -0.15) is 0 Å². The highest BCUT2D eigenvalue weighted by Crippen LogP contribution is 2.27. The molecular weight excluding hydrogens is 264 g/mol. The number of pyridine rings is 1. The molecule has 4 heteroatoms. The van der Waals surface area contributed by atoms with E-state index in [0.717, 1.165) is 22.5 Å². The number of imidazole rings is 1. The van der Waals surface area contributed by atoms with E-state index in [-0.39, 0.29) is 0 Å². The minimum Gasteiger partial charge on any atom is -0.487 e. The molecule has 0 aliphatic rings. The molecule has 0 aliphatic heterocycles. The second-order valence-electron chi connectivity index (χ2n) is 5.20. The molecule has 0 saturated carbocycles. The van der Waals surface area contributed by atoms with Gasteiger partial charge in [0.25, 0.3) is 0 Å². The summed E-state index contributed by atoms with van der Waals surface area (Å²) in [5.41, 5.74) is 3.66. The highest BCUT2D eigenvalue weighted by Gasteiger charge is 2.10. The van der Waals surface area contributed by atoms with Crippen LogP contribution in [-0.4, -0.2) is 14.5 Å². The van der Waals surface area contributed by atoms with Gasteiger partial charge in [0.05, 0.1) is 11.8 Å². The van der Waals surface area contributed by atoms with Gasteiger partial charge in [-0.05, 0) is 37.6 Å². The third-order valence-electron chi connectivity index (χ3n) is 3.41. The number of aromatic nitrogens is 2. The Labute approximate surface area is 123 Å². The molecule has 2 heterocycles. The largest absolute Gasteiger partial charge is 0.487 e. The normalized spacial score (nSPS) is 12.5. The standard InChI is InChI=1S/C17H18N2O2/c1-12-6-7-15(13(2)20)16(9-12)21-11-14-10-19-8-4-3-5-17(19)18-14/h3-10,13,20H,11H2,1-2H3/t13-/m0/s1. The molecule has 3 rings (SSSR count). The summed E-state index contributed by atoms with van der Waals surface area (Å²) >= 11 is 0. The van der Waals surface area contributed by atoms with Gasteiger partial charge in [-0.25, -0.2) is 4.98 Å². The highest BCUT2D eigenvalue weighted by atomic mass is 16.5. The lowest BCUT2D eigenvalue weighted by Gasteiger charge is -2.13. The van der Waals surface area contributed by atoms with Crippen molar-refractivity contribution in [1.82, 2.24) is 9.38 Å². The van der Waals surface area contributed by atoms with Gasteiger partial charge in [0.2, 0.25) is 0 Å². The third-order valence-corrected chi connectivity index (χ3v) is 3.41. The summed E-state index contributed by atoms with van der Waals surface area (Å²) in [5, 5.41) is 9.81. The number of aliphatic hydroxyl groups is 1. The molecule has 3 aromatic rings. The molecule has 4 nitrogen and oxygen atoms in total. The minimum atomic E-state index is -0.554. The lowest BCUT2D eigenvalue weighted by atomic mass is 10.1. The van der Waals surface area contributed by atoms with Crippen molar-refractivity contribution < 1.29 is 9.84 Å². The van der Waals surface area contributed by atoms with Gasteiger partial charge in [0.15, 0.2) is 0 Å². The first-order chi connectivity index (χ1) is 10.1. The molecule has 0 radical (unpaired) electrons. The lowest BCUT2D eigenvalue weighted by molar-refractivity contribution is 0.190. The predicted molar refractivity (Wildman–Crippen MR) is 81.3 cm³/mol. The van der Waals surface area contributed by atoms with Crippen LogP contribution < -0.4 is 4.74 Å². The molecule has 1 N–H and O–H groups in total. The first-order valence-corrected chi connectivity index (χ1v) is 6.97. The molecule has 108 valence electrons. The van der Waals surface area contributed by atoms with Gasteiger partial charge < -0.3 is 14.2 Å². The van der Waals surface area contributed by atoms with Crippen molar-refractivity contribution in [2.75, 3.05) is 0 Å². The summed E-state index contributed by atoms with van der Waals surface area (Å²) in [4.78, 5) is 4.50. The molecule has 2 aromatic heterocycles. The molecule has 0 amide bonds. The van der Waals surface area contributed by atoms with Crippen LogP contribution in [0.2, 0.25) is 0 Å².